The molecule has 1 N–H and O–H groups in total. The molecule has 0 bridgehead atoms. The highest BCUT2D eigenvalue weighted by atomic mass is 19.1. The molecule has 0 fully saturated rings. The van der Waals surface area contributed by atoms with E-state index in [4.69, 9.17) is 5.11 Å². The molecule has 0 saturated heterocycles. The van der Waals surface area contributed by atoms with E-state index in [2.05, 4.69) is 0 Å². The molecule has 0 aliphatic rings. The van der Waals surface area contributed by atoms with E-state index in [1.54, 1.807) is 26.0 Å². The van der Waals surface area contributed by atoms with Crippen molar-refractivity contribution < 1.29 is 14.3 Å². The first-order valence-electron chi connectivity index (χ1n) is 4.92. The van der Waals surface area contributed by atoms with Crippen LogP contribution in [0.3, 0.4) is 0 Å². The summed E-state index contributed by atoms with van der Waals surface area (Å²) < 4.78 is 13.5. The fraction of sp³-hybridized carbons (Fsp3) is 0.417. The highest BCUT2D eigenvalue weighted by Crippen LogP contribution is 2.27. The van der Waals surface area contributed by atoms with E-state index in [1.165, 1.54) is 6.07 Å². The number of hydrogen-bond donors (Lipinski definition) is 1. The molecule has 0 saturated carbocycles. The maximum absolute atomic E-state index is 13.5. The first-order chi connectivity index (χ1) is 6.93. The van der Waals surface area contributed by atoms with E-state index in [-0.39, 0.29) is 11.7 Å². The topological polar surface area (TPSA) is 37.3 Å². The Morgan fingerprint density at radius 2 is 2.00 bits per heavy atom. The minimum absolute atomic E-state index is 0.317. The van der Waals surface area contributed by atoms with Crippen LogP contribution in [0, 0.1) is 18.7 Å². The van der Waals surface area contributed by atoms with Crippen molar-refractivity contribution in [1.82, 2.24) is 0 Å². The zero-order valence-electron chi connectivity index (χ0n) is 9.12. The normalized spacial score (nSPS) is 14.7. The second-order valence-corrected chi connectivity index (χ2v) is 3.94. The minimum atomic E-state index is -0.900. The molecule has 1 aromatic carbocycles. The van der Waals surface area contributed by atoms with E-state index >= 15 is 0 Å². The number of rotatable bonds is 3. The standard InChI is InChI=1S/C12H15FO2/c1-7-4-5-11(13)10(6-7)8(2)9(3)12(14)15/h4-6,8-9H,1-3H3,(H,14,15). The van der Waals surface area contributed by atoms with Gasteiger partial charge in [-0.3, -0.25) is 4.79 Å². The Morgan fingerprint density at radius 1 is 1.40 bits per heavy atom. The van der Waals surface area contributed by atoms with Crippen LogP contribution in [0.2, 0.25) is 0 Å². The zero-order valence-corrected chi connectivity index (χ0v) is 9.12. The second kappa shape index (κ2) is 4.43. The summed E-state index contributed by atoms with van der Waals surface area (Å²) in [4.78, 5) is 10.8. The van der Waals surface area contributed by atoms with Gasteiger partial charge in [-0.2, -0.15) is 0 Å². The lowest BCUT2D eigenvalue weighted by molar-refractivity contribution is -0.141. The molecule has 0 aromatic heterocycles. The van der Waals surface area contributed by atoms with Gasteiger partial charge in [-0.05, 0) is 24.5 Å². The largest absolute Gasteiger partial charge is 0.481 e. The predicted molar refractivity (Wildman–Crippen MR) is 56.4 cm³/mol. The smallest absolute Gasteiger partial charge is 0.306 e. The van der Waals surface area contributed by atoms with E-state index in [1.807, 2.05) is 6.92 Å². The Labute approximate surface area is 88.7 Å². The van der Waals surface area contributed by atoms with Gasteiger partial charge in [0.15, 0.2) is 0 Å². The molecule has 0 aliphatic carbocycles. The molecule has 0 aliphatic heterocycles. The average molecular weight is 210 g/mol. The van der Waals surface area contributed by atoms with Crippen LogP contribution >= 0.6 is 0 Å². The van der Waals surface area contributed by atoms with Gasteiger partial charge >= 0.3 is 5.97 Å². The van der Waals surface area contributed by atoms with Crippen LogP contribution in [0.15, 0.2) is 18.2 Å². The van der Waals surface area contributed by atoms with Crippen molar-refractivity contribution >= 4 is 5.97 Å². The summed E-state index contributed by atoms with van der Waals surface area (Å²) in [5.41, 5.74) is 1.42. The summed E-state index contributed by atoms with van der Waals surface area (Å²) in [6.07, 6.45) is 0. The monoisotopic (exact) mass is 210 g/mol. The summed E-state index contributed by atoms with van der Waals surface area (Å²) in [6.45, 7) is 5.19. The summed E-state index contributed by atoms with van der Waals surface area (Å²) in [6, 6.07) is 4.77. The number of benzene rings is 1. The van der Waals surface area contributed by atoms with Crippen LogP contribution in [-0.2, 0) is 4.79 Å². The second-order valence-electron chi connectivity index (χ2n) is 3.94. The lowest BCUT2D eigenvalue weighted by Gasteiger charge is -2.17. The van der Waals surface area contributed by atoms with Gasteiger partial charge in [-0.1, -0.05) is 31.5 Å². The zero-order chi connectivity index (χ0) is 11.6. The van der Waals surface area contributed by atoms with E-state index < -0.39 is 11.9 Å². The molecule has 1 rings (SSSR count). The molecule has 3 heteroatoms. The predicted octanol–water partition coefficient (Wildman–Crippen LogP) is 2.96. The third-order valence-corrected chi connectivity index (χ3v) is 2.78. The average Bonchev–Trinajstić information content (AvgIpc) is 2.19. The van der Waals surface area contributed by atoms with Crippen molar-refractivity contribution in [3.63, 3.8) is 0 Å². The molecule has 2 unspecified atom stereocenters. The Hall–Kier alpha value is -1.38. The van der Waals surface area contributed by atoms with E-state index in [0.29, 0.717) is 5.56 Å². The fourth-order valence-corrected chi connectivity index (χ4v) is 1.50. The maximum atomic E-state index is 13.5. The van der Waals surface area contributed by atoms with Crippen molar-refractivity contribution in [2.75, 3.05) is 0 Å². The molecule has 15 heavy (non-hydrogen) atoms. The molecular weight excluding hydrogens is 195 g/mol. The van der Waals surface area contributed by atoms with Crippen LogP contribution in [-0.4, -0.2) is 11.1 Å². The number of carbonyl (C=O) groups is 1. The summed E-state index contributed by atoms with van der Waals surface area (Å²) in [7, 11) is 0. The number of carboxylic acids is 1. The third kappa shape index (κ3) is 2.55. The maximum Gasteiger partial charge on any atom is 0.306 e. The Kier molecular flexibility index (Phi) is 3.45. The number of hydrogen-bond acceptors (Lipinski definition) is 1. The number of halogens is 1. The first kappa shape index (κ1) is 11.7. The molecule has 0 heterocycles. The number of aryl methyl sites for hydroxylation is 1. The van der Waals surface area contributed by atoms with E-state index in [0.717, 1.165) is 5.56 Å². The molecule has 2 atom stereocenters. The molecule has 2 nitrogen and oxygen atoms in total. The van der Waals surface area contributed by atoms with Gasteiger partial charge in [0.1, 0.15) is 5.82 Å². The molecule has 1 aromatic rings. The van der Waals surface area contributed by atoms with Gasteiger partial charge in [0.25, 0.3) is 0 Å². The van der Waals surface area contributed by atoms with E-state index in [9.17, 15) is 9.18 Å². The molecule has 0 amide bonds. The van der Waals surface area contributed by atoms with Gasteiger partial charge in [0, 0.05) is 0 Å². The highest BCUT2D eigenvalue weighted by molar-refractivity contribution is 5.70. The van der Waals surface area contributed by atoms with Gasteiger partial charge in [-0.15, -0.1) is 0 Å². The quantitative estimate of drug-likeness (QED) is 0.832. The van der Waals surface area contributed by atoms with Gasteiger partial charge in [0.2, 0.25) is 0 Å². The van der Waals surface area contributed by atoms with Gasteiger partial charge < -0.3 is 5.11 Å². The van der Waals surface area contributed by atoms with Crippen LogP contribution in [0.1, 0.15) is 30.9 Å². The van der Waals surface area contributed by atoms with Crippen molar-refractivity contribution in [2.45, 2.75) is 26.7 Å². The lowest BCUT2D eigenvalue weighted by atomic mass is 9.88. The van der Waals surface area contributed by atoms with Crippen LogP contribution < -0.4 is 0 Å². The minimum Gasteiger partial charge on any atom is -0.481 e. The molecular formula is C12H15FO2. The van der Waals surface area contributed by atoms with Crippen molar-refractivity contribution in [2.24, 2.45) is 5.92 Å². The van der Waals surface area contributed by atoms with Gasteiger partial charge in [-0.25, -0.2) is 4.39 Å². The summed E-state index contributed by atoms with van der Waals surface area (Å²) in [5, 5.41) is 8.85. The summed E-state index contributed by atoms with van der Waals surface area (Å²) >= 11 is 0. The van der Waals surface area contributed by atoms with Crippen LogP contribution in [0.5, 0.6) is 0 Å². The van der Waals surface area contributed by atoms with Crippen molar-refractivity contribution in [1.29, 1.82) is 0 Å². The van der Waals surface area contributed by atoms with Crippen molar-refractivity contribution in [3.8, 4) is 0 Å². The summed E-state index contributed by atoms with van der Waals surface area (Å²) in [5.74, 6) is -2.13. The van der Waals surface area contributed by atoms with Crippen molar-refractivity contribution in [3.05, 3.63) is 35.1 Å². The van der Waals surface area contributed by atoms with Crippen LogP contribution in [0.25, 0.3) is 0 Å². The highest BCUT2D eigenvalue weighted by Gasteiger charge is 2.23. The Morgan fingerprint density at radius 3 is 2.53 bits per heavy atom. The number of aliphatic carboxylic acids is 1. The van der Waals surface area contributed by atoms with Gasteiger partial charge in [0.05, 0.1) is 5.92 Å². The Balaban J connectivity index is 3.04. The third-order valence-electron chi connectivity index (χ3n) is 2.78. The molecule has 0 spiro atoms. The Bertz CT molecular complexity index is 374. The number of carboxylic acid groups (broad SMARTS) is 1. The molecule has 82 valence electrons. The molecule has 0 radical (unpaired) electrons. The fourth-order valence-electron chi connectivity index (χ4n) is 1.50. The SMILES string of the molecule is Cc1ccc(F)c(C(C)C(C)C(=O)O)c1. The first-order valence-corrected chi connectivity index (χ1v) is 4.92. The van der Waals surface area contributed by atoms with Crippen LogP contribution in [0.4, 0.5) is 4.39 Å². The lowest BCUT2D eigenvalue weighted by Crippen LogP contribution is -2.17.